The molecule has 0 saturated heterocycles. The summed E-state index contributed by atoms with van der Waals surface area (Å²) in [6.45, 7) is 7.43. The molecule has 0 aliphatic carbocycles. The summed E-state index contributed by atoms with van der Waals surface area (Å²) in [6.07, 6.45) is 0.941. The number of hydrogen-bond acceptors (Lipinski definition) is 5. The third-order valence-corrected chi connectivity index (χ3v) is 3.67. The van der Waals surface area contributed by atoms with Crippen LogP contribution < -0.4 is 10.7 Å². The van der Waals surface area contributed by atoms with Gasteiger partial charge in [0.05, 0.1) is 11.7 Å². The lowest BCUT2D eigenvalue weighted by atomic mass is 10.1. The molecule has 2 aromatic rings. The Bertz CT molecular complexity index is 875. The van der Waals surface area contributed by atoms with Crippen molar-refractivity contribution in [3.8, 4) is 0 Å². The van der Waals surface area contributed by atoms with Gasteiger partial charge in [-0.15, -0.1) is 0 Å². The van der Waals surface area contributed by atoms with Crippen LogP contribution in [0, 0.1) is 6.92 Å². The van der Waals surface area contributed by atoms with Crippen molar-refractivity contribution >= 4 is 40.7 Å². The molecule has 2 rings (SSSR count). The number of nitrogens with zero attached hydrogens (tertiary/aromatic N) is 2. The Balaban J connectivity index is 1.85. The predicted molar refractivity (Wildman–Crippen MR) is 106 cm³/mol. The summed E-state index contributed by atoms with van der Waals surface area (Å²) in [4.78, 5) is 27.6. The number of aryl methyl sites for hydroxylation is 1. The van der Waals surface area contributed by atoms with Crippen LogP contribution >= 0.6 is 11.6 Å². The van der Waals surface area contributed by atoms with Crippen LogP contribution in [-0.2, 0) is 9.53 Å². The molecule has 0 saturated carbocycles. The van der Waals surface area contributed by atoms with E-state index in [9.17, 15) is 9.59 Å². The van der Waals surface area contributed by atoms with Crippen molar-refractivity contribution in [3.05, 3.63) is 40.5 Å². The Morgan fingerprint density at radius 1 is 1.30 bits per heavy atom. The van der Waals surface area contributed by atoms with E-state index in [1.54, 1.807) is 20.8 Å². The molecule has 1 heterocycles. The van der Waals surface area contributed by atoms with Crippen LogP contribution in [0.5, 0.6) is 0 Å². The number of pyridine rings is 1. The van der Waals surface area contributed by atoms with Crippen molar-refractivity contribution in [2.24, 2.45) is 5.10 Å². The van der Waals surface area contributed by atoms with Crippen molar-refractivity contribution < 1.29 is 14.3 Å². The highest BCUT2D eigenvalue weighted by Gasteiger charge is 2.15. The first-order valence-electron chi connectivity index (χ1n) is 8.50. The Kier molecular flexibility index (Phi) is 6.74. The molecule has 0 unspecified atom stereocenters. The highest BCUT2D eigenvalue weighted by Crippen LogP contribution is 2.20. The molecule has 0 radical (unpaired) electrons. The molecule has 0 fully saturated rings. The standard InChI is InChI=1S/C19H23ClN4O3/c1-12-5-6-13-10-14(17(20)23-15(13)9-12)11-22-24-16(25)7-8-21-18(26)27-19(2,3)4/h5-6,9-11H,7-8H2,1-4H3,(H,21,26)(H,24,25)/b22-11-. The van der Waals surface area contributed by atoms with E-state index in [1.807, 2.05) is 31.2 Å². The number of aromatic nitrogens is 1. The first-order chi connectivity index (χ1) is 12.6. The van der Waals surface area contributed by atoms with Crippen molar-refractivity contribution in [2.75, 3.05) is 6.54 Å². The Morgan fingerprint density at radius 2 is 2.04 bits per heavy atom. The average Bonchev–Trinajstić information content (AvgIpc) is 2.53. The van der Waals surface area contributed by atoms with Gasteiger partial charge in [0.25, 0.3) is 0 Å². The second-order valence-electron chi connectivity index (χ2n) is 7.04. The minimum atomic E-state index is -0.581. The molecule has 2 amide bonds. The lowest BCUT2D eigenvalue weighted by Crippen LogP contribution is -2.34. The Morgan fingerprint density at radius 3 is 2.74 bits per heavy atom. The fraction of sp³-hybridized carbons (Fsp3) is 0.368. The number of carbonyl (C=O) groups excluding carboxylic acids is 2. The van der Waals surface area contributed by atoms with Crippen LogP contribution in [0.1, 0.15) is 38.3 Å². The van der Waals surface area contributed by atoms with Gasteiger partial charge in [-0.25, -0.2) is 15.2 Å². The SMILES string of the molecule is Cc1ccc2cc(/C=N\NC(=O)CCNC(=O)OC(C)(C)C)c(Cl)nc2c1. The summed E-state index contributed by atoms with van der Waals surface area (Å²) >= 11 is 6.17. The predicted octanol–water partition coefficient (Wildman–Crippen LogP) is 3.56. The quantitative estimate of drug-likeness (QED) is 0.463. The molecule has 144 valence electrons. The molecule has 27 heavy (non-hydrogen) atoms. The van der Waals surface area contributed by atoms with Gasteiger partial charge >= 0.3 is 6.09 Å². The lowest BCUT2D eigenvalue weighted by molar-refractivity contribution is -0.120. The molecular weight excluding hydrogens is 368 g/mol. The third-order valence-electron chi connectivity index (χ3n) is 3.37. The first kappa shape index (κ1) is 20.6. The molecule has 1 aromatic carbocycles. The molecule has 0 atom stereocenters. The number of alkyl carbamates (subject to hydrolysis) is 1. The molecule has 0 spiro atoms. The van der Waals surface area contributed by atoms with E-state index in [0.29, 0.717) is 10.7 Å². The van der Waals surface area contributed by atoms with Gasteiger partial charge in [0.15, 0.2) is 0 Å². The van der Waals surface area contributed by atoms with Gasteiger partial charge in [0.2, 0.25) is 5.91 Å². The van der Waals surface area contributed by atoms with Gasteiger partial charge in [0.1, 0.15) is 10.8 Å². The van der Waals surface area contributed by atoms with Crippen LogP contribution in [0.15, 0.2) is 29.4 Å². The van der Waals surface area contributed by atoms with Crippen molar-refractivity contribution in [1.29, 1.82) is 0 Å². The summed E-state index contributed by atoms with van der Waals surface area (Å²) in [5.74, 6) is -0.345. The highest BCUT2D eigenvalue weighted by molar-refractivity contribution is 6.32. The zero-order chi connectivity index (χ0) is 20.0. The summed E-state index contributed by atoms with van der Waals surface area (Å²) in [6, 6.07) is 7.73. The zero-order valence-corrected chi connectivity index (χ0v) is 16.6. The number of ether oxygens (including phenoxy) is 1. The number of halogens is 1. The maximum atomic E-state index is 11.8. The van der Waals surface area contributed by atoms with E-state index in [-0.39, 0.29) is 18.9 Å². The number of carbonyl (C=O) groups is 2. The maximum Gasteiger partial charge on any atom is 0.407 e. The first-order valence-corrected chi connectivity index (χ1v) is 8.87. The Hall–Kier alpha value is -2.67. The fourth-order valence-corrected chi connectivity index (χ4v) is 2.38. The number of rotatable bonds is 5. The second-order valence-corrected chi connectivity index (χ2v) is 7.39. The summed E-state index contributed by atoms with van der Waals surface area (Å²) in [7, 11) is 0. The van der Waals surface area contributed by atoms with Crippen LogP contribution in [0.3, 0.4) is 0 Å². The topological polar surface area (TPSA) is 92.7 Å². The summed E-state index contributed by atoms with van der Waals surface area (Å²) in [5, 5.41) is 7.63. The van der Waals surface area contributed by atoms with Gasteiger partial charge in [-0.3, -0.25) is 4.79 Å². The van der Waals surface area contributed by atoms with Gasteiger partial charge < -0.3 is 10.1 Å². The summed E-state index contributed by atoms with van der Waals surface area (Å²) < 4.78 is 5.08. The van der Waals surface area contributed by atoms with Crippen LogP contribution in [0.2, 0.25) is 5.15 Å². The molecule has 0 bridgehead atoms. The molecule has 8 heteroatoms. The number of hydrogen-bond donors (Lipinski definition) is 2. The van der Waals surface area contributed by atoms with E-state index in [1.165, 1.54) is 6.21 Å². The second kappa shape index (κ2) is 8.81. The van der Waals surface area contributed by atoms with Gasteiger partial charge in [-0.1, -0.05) is 23.7 Å². The highest BCUT2D eigenvalue weighted by atomic mass is 35.5. The van der Waals surface area contributed by atoms with Crippen LogP contribution in [0.25, 0.3) is 10.9 Å². The molecule has 2 N–H and O–H groups in total. The van der Waals surface area contributed by atoms with E-state index in [0.717, 1.165) is 16.5 Å². The average molecular weight is 391 g/mol. The van der Waals surface area contributed by atoms with Crippen LogP contribution in [0.4, 0.5) is 4.79 Å². The number of fused-ring (bicyclic) bond motifs is 1. The number of hydrazone groups is 1. The summed E-state index contributed by atoms with van der Waals surface area (Å²) in [5.41, 5.74) is 4.30. The van der Waals surface area contributed by atoms with Gasteiger partial charge in [-0.05, 0) is 45.4 Å². The number of benzene rings is 1. The van der Waals surface area contributed by atoms with Crippen molar-refractivity contribution in [3.63, 3.8) is 0 Å². The molecule has 7 nitrogen and oxygen atoms in total. The van der Waals surface area contributed by atoms with E-state index in [2.05, 4.69) is 20.8 Å². The van der Waals surface area contributed by atoms with E-state index < -0.39 is 11.7 Å². The Labute approximate surface area is 163 Å². The minimum absolute atomic E-state index is 0.0690. The van der Waals surface area contributed by atoms with Gasteiger partial charge in [0, 0.05) is 23.9 Å². The molecule has 1 aromatic heterocycles. The van der Waals surface area contributed by atoms with Crippen LogP contribution in [-0.4, -0.2) is 35.3 Å². The largest absolute Gasteiger partial charge is 0.444 e. The van der Waals surface area contributed by atoms with Crippen molar-refractivity contribution in [2.45, 2.75) is 39.7 Å². The monoisotopic (exact) mass is 390 g/mol. The molecule has 0 aliphatic rings. The minimum Gasteiger partial charge on any atom is -0.444 e. The maximum absolute atomic E-state index is 11.8. The normalized spacial score (nSPS) is 11.6. The smallest absolute Gasteiger partial charge is 0.407 e. The number of amides is 2. The fourth-order valence-electron chi connectivity index (χ4n) is 2.18. The van der Waals surface area contributed by atoms with Gasteiger partial charge in [-0.2, -0.15) is 5.10 Å². The lowest BCUT2D eigenvalue weighted by Gasteiger charge is -2.19. The zero-order valence-electron chi connectivity index (χ0n) is 15.8. The van der Waals surface area contributed by atoms with E-state index >= 15 is 0 Å². The molecule has 0 aliphatic heterocycles. The van der Waals surface area contributed by atoms with E-state index in [4.69, 9.17) is 16.3 Å². The van der Waals surface area contributed by atoms with Crippen molar-refractivity contribution in [1.82, 2.24) is 15.7 Å². The third kappa shape index (κ3) is 6.86. The number of nitrogens with one attached hydrogen (secondary N) is 2. The molecular formula is C19H23ClN4O3.